The lowest BCUT2D eigenvalue weighted by molar-refractivity contribution is 0.0946. The normalized spacial score (nSPS) is 18.3. The number of amides is 1. The van der Waals surface area contributed by atoms with E-state index in [1.54, 1.807) is 0 Å². The predicted molar refractivity (Wildman–Crippen MR) is 114 cm³/mol. The molecule has 1 saturated heterocycles. The molecule has 1 N–H and O–H groups in total. The fourth-order valence-corrected chi connectivity index (χ4v) is 4.51. The Labute approximate surface area is 173 Å². The Morgan fingerprint density at radius 1 is 1.17 bits per heavy atom. The molecule has 4 rings (SSSR count). The topological polar surface area (TPSA) is 54.5 Å². The summed E-state index contributed by atoms with van der Waals surface area (Å²) in [5, 5.41) is 3.04. The predicted octanol–water partition coefficient (Wildman–Crippen LogP) is 3.78. The number of nitrogens with one attached hydrogen (secondary N) is 1. The fraction of sp³-hybridized carbons (Fsp3) is 0.500. The van der Waals surface area contributed by atoms with E-state index >= 15 is 0 Å². The number of hydrogen-bond acceptors (Lipinski definition) is 4. The summed E-state index contributed by atoms with van der Waals surface area (Å²) in [6.07, 6.45) is 6.96. The molecule has 1 aromatic heterocycles. The van der Waals surface area contributed by atoms with Crippen LogP contribution < -0.4 is 10.1 Å². The van der Waals surface area contributed by atoms with Crippen LogP contribution >= 0.6 is 0 Å². The molecule has 1 amide bonds. The van der Waals surface area contributed by atoms with E-state index in [9.17, 15) is 4.79 Å². The molecule has 1 aromatic carbocycles. The van der Waals surface area contributed by atoms with Gasteiger partial charge in [0, 0.05) is 42.0 Å². The summed E-state index contributed by atoms with van der Waals surface area (Å²) >= 11 is 0. The summed E-state index contributed by atoms with van der Waals surface area (Å²) in [6, 6.07) is 10.2. The molecule has 5 heteroatoms. The zero-order valence-corrected chi connectivity index (χ0v) is 17.5. The zero-order valence-electron chi connectivity index (χ0n) is 17.5. The Kier molecular flexibility index (Phi) is 5.86. The van der Waals surface area contributed by atoms with Crippen LogP contribution in [0.25, 0.3) is 0 Å². The van der Waals surface area contributed by atoms with Gasteiger partial charge >= 0.3 is 0 Å². The van der Waals surface area contributed by atoms with Crippen molar-refractivity contribution >= 4 is 5.91 Å². The molecular weight excluding hydrogens is 362 g/mol. The second-order valence-electron chi connectivity index (χ2n) is 8.83. The summed E-state index contributed by atoms with van der Waals surface area (Å²) in [5.41, 5.74) is 3.40. The zero-order chi connectivity index (χ0) is 20.3. The van der Waals surface area contributed by atoms with Gasteiger partial charge in [0.1, 0.15) is 5.75 Å². The van der Waals surface area contributed by atoms with Crippen molar-refractivity contribution in [1.29, 1.82) is 0 Å². The van der Waals surface area contributed by atoms with E-state index in [0.29, 0.717) is 12.5 Å². The summed E-state index contributed by atoms with van der Waals surface area (Å²) in [5.74, 6) is 1.41. The van der Waals surface area contributed by atoms with Crippen LogP contribution in [0.15, 0.2) is 42.7 Å². The molecule has 2 aromatic rings. The number of pyridine rings is 1. The minimum absolute atomic E-state index is 0.0114. The van der Waals surface area contributed by atoms with E-state index in [-0.39, 0.29) is 11.3 Å². The largest absolute Gasteiger partial charge is 0.493 e. The summed E-state index contributed by atoms with van der Waals surface area (Å²) in [4.78, 5) is 19.2. The van der Waals surface area contributed by atoms with Crippen LogP contribution in [-0.2, 0) is 12.0 Å². The van der Waals surface area contributed by atoms with Gasteiger partial charge in [-0.3, -0.25) is 14.7 Å². The quantitative estimate of drug-likeness (QED) is 0.840. The van der Waals surface area contributed by atoms with Crippen molar-refractivity contribution in [3.63, 3.8) is 0 Å². The second kappa shape index (κ2) is 8.54. The van der Waals surface area contributed by atoms with Crippen molar-refractivity contribution in [3.8, 4) is 5.75 Å². The maximum absolute atomic E-state index is 12.6. The number of carbonyl (C=O) groups excluding carboxylic acids is 1. The van der Waals surface area contributed by atoms with Crippen molar-refractivity contribution in [3.05, 3.63) is 59.4 Å². The molecule has 5 nitrogen and oxygen atoms in total. The Morgan fingerprint density at radius 2 is 1.93 bits per heavy atom. The lowest BCUT2D eigenvalue weighted by Crippen LogP contribution is -2.45. The number of piperidine rings is 1. The van der Waals surface area contributed by atoms with E-state index in [0.717, 1.165) is 56.8 Å². The SMILES string of the molecule is CC(C)CNC(=O)c1ccc2c(c1)C1(CCO2)CCN(Cc2ccncc2)CC1. The lowest BCUT2D eigenvalue weighted by Gasteiger charge is -2.45. The molecule has 2 aliphatic heterocycles. The number of carbonyl (C=O) groups is 1. The number of ether oxygens (including phenoxy) is 1. The molecule has 1 spiro atoms. The average molecular weight is 394 g/mol. The summed E-state index contributed by atoms with van der Waals surface area (Å²) in [6.45, 7) is 8.76. The molecule has 0 radical (unpaired) electrons. The third kappa shape index (κ3) is 4.45. The van der Waals surface area contributed by atoms with Gasteiger partial charge < -0.3 is 10.1 Å². The molecule has 0 saturated carbocycles. The molecule has 0 bridgehead atoms. The minimum atomic E-state index is 0.0114. The van der Waals surface area contributed by atoms with Gasteiger partial charge in [-0.25, -0.2) is 0 Å². The number of benzene rings is 1. The monoisotopic (exact) mass is 393 g/mol. The first-order valence-corrected chi connectivity index (χ1v) is 10.7. The number of nitrogens with zero attached hydrogens (tertiary/aromatic N) is 2. The first-order chi connectivity index (χ1) is 14.1. The van der Waals surface area contributed by atoms with Crippen LogP contribution in [-0.4, -0.2) is 42.0 Å². The molecule has 0 atom stereocenters. The number of rotatable bonds is 5. The van der Waals surface area contributed by atoms with Gasteiger partial charge in [-0.1, -0.05) is 13.8 Å². The molecule has 3 heterocycles. The number of aromatic nitrogens is 1. The van der Waals surface area contributed by atoms with Crippen molar-refractivity contribution < 1.29 is 9.53 Å². The van der Waals surface area contributed by atoms with E-state index in [1.807, 2.05) is 24.5 Å². The van der Waals surface area contributed by atoms with Crippen LogP contribution in [0.4, 0.5) is 0 Å². The maximum atomic E-state index is 12.6. The number of likely N-dealkylation sites (tertiary alicyclic amines) is 1. The van der Waals surface area contributed by atoms with Crippen LogP contribution in [0.3, 0.4) is 0 Å². The van der Waals surface area contributed by atoms with Gasteiger partial charge in [0.25, 0.3) is 5.91 Å². The number of fused-ring (bicyclic) bond motifs is 2. The van der Waals surface area contributed by atoms with Gasteiger partial charge in [-0.15, -0.1) is 0 Å². The van der Waals surface area contributed by atoms with Gasteiger partial charge in [-0.05, 0) is 74.2 Å². The Morgan fingerprint density at radius 3 is 2.66 bits per heavy atom. The van der Waals surface area contributed by atoms with E-state index in [4.69, 9.17) is 4.74 Å². The van der Waals surface area contributed by atoms with Crippen LogP contribution in [0.2, 0.25) is 0 Å². The molecule has 0 unspecified atom stereocenters. The van der Waals surface area contributed by atoms with Crippen molar-refractivity contribution in [2.75, 3.05) is 26.2 Å². The minimum Gasteiger partial charge on any atom is -0.493 e. The molecule has 0 aliphatic carbocycles. The standard InChI is InChI=1S/C24H31N3O2/c1-18(2)16-26-23(28)20-3-4-22-21(15-20)24(9-14-29-22)7-12-27(13-8-24)17-19-5-10-25-11-6-19/h3-6,10-11,15,18H,7-9,12-14,16-17H2,1-2H3,(H,26,28). The van der Waals surface area contributed by atoms with Crippen LogP contribution in [0.1, 0.15) is 54.6 Å². The fourth-order valence-electron chi connectivity index (χ4n) is 4.51. The summed E-state index contributed by atoms with van der Waals surface area (Å²) in [7, 11) is 0. The Balaban J connectivity index is 1.49. The Hall–Kier alpha value is -2.40. The van der Waals surface area contributed by atoms with Gasteiger partial charge in [0.15, 0.2) is 0 Å². The summed E-state index contributed by atoms with van der Waals surface area (Å²) < 4.78 is 5.95. The van der Waals surface area contributed by atoms with Crippen LogP contribution in [0, 0.1) is 5.92 Å². The highest BCUT2D eigenvalue weighted by Gasteiger charge is 2.40. The molecule has 154 valence electrons. The highest BCUT2D eigenvalue weighted by Crippen LogP contribution is 2.46. The smallest absolute Gasteiger partial charge is 0.251 e. The number of hydrogen-bond donors (Lipinski definition) is 1. The van der Waals surface area contributed by atoms with Crippen molar-refractivity contribution in [2.45, 2.75) is 45.1 Å². The first-order valence-electron chi connectivity index (χ1n) is 10.7. The molecule has 2 aliphatic rings. The molecule has 1 fully saturated rings. The van der Waals surface area contributed by atoms with E-state index in [1.165, 1.54) is 11.1 Å². The van der Waals surface area contributed by atoms with Gasteiger partial charge in [0.2, 0.25) is 0 Å². The second-order valence-corrected chi connectivity index (χ2v) is 8.83. The van der Waals surface area contributed by atoms with Crippen molar-refractivity contribution in [2.24, 2.45) is 5.92 Å². The highest BCUT2D eigenvalue weighted by molar-refractivity contribution is 5.94. The first kappa shape index (κ1) is 19.9. The van der Waals surface area contributed by atoms with Crippen LogP contribution in [0.5, 0.6) is 5.75 Å². The maximum Gasteiger partial charge on any atom is 0.251 e. The lowest BCUT2D eigenvalue weighted by atomic mass is 9.69. The molecule has 29 heavy (non-hydrogen) atoms. The van der Waals surface area contributed by atoms with Gasteiger partial charge in [0.05, 0.1) is 6.61 Å². The third-order valence-electron chi connectivity index (χ3n) is 6.29. The van der Waals surface area contributed by atoms with E-state index in [2.05, 4.69) is 47.2 Å². The highest BCUT2D eigenvalue weighted by atomic mass is 16.5. The third-order valence-corrected chi connectivity index (χ3v) is 6.29. The van der Waals surface area contributed by atoms with Crippen molar-refractivity contribution in [1.82, 2.24) is 15.2 Å². The Bertz CT molecular complexity index is 842. The van der Waals surface area contributed by atoms with E-state index < -0.39 is 0 Å². The average Bonchev–Trinajstić information content (AvgIpc) is 2.74. The molecular formula is C24H31N3O2. The van der Waals surface area contributed by atoms with Gasteiger partial charge in [-0.2, -0.15) is 0 Å².